The van der Waals surface area contributed by atoms with E-state index in [0.29, 0.717) is 45.5 Å². The average molecular weight is 488 g/mol. The maximum Gasteiger partial charge on any atom is 0.359 e. The van der Waals surface area contributed by atoms with Crippen LogP contribution in [-0.4, -0.2) is 28.4 Å². The van der Waals surface area contributed by atoms with Crippen LogP contribution in [0.1, 0.15) is 55.1 Å². The number of ether oxygens (including phenoxy) is 2. The zero-order valence-corrected chi connectivity index (χ0v) is 20.0. The standard InChI is InChI=1S/C25H27Cl2N3O3/c1-2-32-25(31)23-20(16-28-18-8-4-3-5-9-18)24(33-19-14-12-17(26)13-15-19)30(29-23)22-11-7-6-10-21(22)27/h6-7,10-15,18,28H,2-5,8-9,16H2,1H3. The molecule has 174 valence electrons. The molecule has 0 unspecified atom stereocenters. The van der Waals surface area contributed by atoms with Crippen molar-refractivity contribution in [3.8, 4) is 17.3 Å². The number of halogens is 2. The number of nitrogens with zero attached hydrogens (tertiary/aromatic N) is 2. The second kappa shape index (κ2) is 11.1. The largest absolute Gasteiger partial charge is 0.461 e. The highest BCUT2D eigenvalue weighted by Crippen LogP contribution is 2.34. The summed E-state index contributed by atoms with van der Waals surface area (Å²) in [5, 5.41) is 9.29. The summed E-state index contributed by atoms with van der Waals surface area (Å²) in [6.07, 6.45) is 5.90. The Morgan fingerprint density at radius 2 is 1.82 bits per heavy atom. The summed E-state index contributed by atoms with van der Waals surface area (Å²) in [4.78, 5) is 12.9. The second-order valence-corrected chi connectivity index (χ2v) is 8.83. The first kappa shape index (κ1) is 23.6. The molecule has 1 saturated carbocycles. The molecule has 1 N–H and O–H groups in total. The van der Waals surface area contributed by atoms with Crippen molar-refractivity contribution in [3.63, 3.8) is 0 Å². The number of carbonyl (C=O) groups excluding carboxylic acids is 1. The maximum absolute atomic E-state index is 12.9. The molecule has 3 aromatic rings. The Kier molecular flexibility index (Phi) is 7.91. The summed E-state index contributed by atoms with van der Waals surface area (Å²) in [5.41, 5.74) is 1.45. The summed E-state index contributed by atoms with van der Waals surface area (Å²) in [6.45, 7) is 2.45. The van der Waals surface area contributed by atoms with Gasteiger partial charge in [-0.3, -0.25) is 0 Å². The fraction of sp³-hybridized carbons (Fsp3) is 0.360. The first-order valence-electron chi connectivity index (χ1n) is 11.3. The highest BCUT2D eigenvalue weighted by Gasteiger charge is 2.28. The van der Waals surface area contributed by atoms with Crippen LogP contribution < -0.4 is 10.1 Å². The van der Waals surface area contributed by atoms with Gasteiger partial charge >= 0.3 is 5.97 Å². The third kappa shape index (κ3) is 5.69. The van der Waals surface area contributed by atoms with Gasteiger partial charge in [0.25, 0.3) is 0 Å². The van der Waals surface area contributed by atoms with Crippen molar-refractivity contribution in [2.75, 3.05) is 6.61 Å². The molecule has 8 heteroatoms. The van der Waals surface area contributed by atoms with Gasteiger partial charge in [0.1, 0.15) is 5.75 Å². The number of carbonyl (C=O) groups is 1. The smallest absolute Gasteiger partial charge is 0.359 e. The molecule has 0 spiro atoms. The molecular weight excluding hydrogens is 461 g/mol. The van der Waals surface area contributed by atoms with Crippen molar-refractivity contribution in [2.24, 2.45) is 0 Å². The first-order chi connectivity index (χ1) is 16.1. The van der Waals surface area contributed by atoms with E-state index in [1.807, 2.05) is 18.2 Å². The van der Waals surface area contributed by atoms with Crippen molar-refractivity contribution in [3.05, 3.63) is 69.8 Å². The van der Waals surface area contributed by atoms with Crippen LogP contribution in [0.25, 0.3) is 5.69 Å². The van der Waals surface area contributed by atoms with Crippen LogP contribution in [0.3, 0.4) is 0 Å². The van der Waals surface area contributed by atoms with E-state index < -0.39 is 5.97 Å². The van der Waals surface area contributed by atoms with E-state index in [4.69, 9.17) is 32.7 Å². The van der Waals surface area contributed by atoms with Crippen LogP contribution in [0, 0.1) is 0 Å². The Balaban J connectivity index is 1.79. The van der Waals surface area contributed by atoms with Gasteiger partial charge in [-0.25, -0.2) is 4.79 Å². The lowest BCUT2D eigenvalue weighted by Crippen LogP contribution is -2.31. The summed E-state index contributed by atoms with van der Waals surface area (Å²) < 4.78 is 13.2. The third-order valence-corrected chi connectivity index (χ3v) is 6.26. The third-order valence-electron chi connectivity index (χ3n) is 5.69. The van der Waals surface area contributed by atoms with Crippen LogP contribution in [0.2, 0.25) is 10.0 Å². The molecule has 33 heavy (non-hydrogen) atoms. The summed E-state index contributed by atoms with van der Waals surface area (Å²) in [7, 11) is 0. The molecule has 1 aliphatic rings. The summed E-state index contributed by atoms with van der Waals surface area (Å²) in [5.74, 6) is 0.489. The zero-order chi connectivity index (χ0) is 23.2. The van der Waals surface area contributed by atoms with E-state index in [1.165, 1.54) is 19.3 Å². The number of para-hydroxylation sites is 1. The summed E-state index contributed by atoms with van der Waals surface area (Å²) in [6, 6.07) is 14.7. The number of rotatable bonds is 8. The Hall–Kier alpha value is -2.54. The molecule has 4 rings (SSSR count). The van der Waals surface area contributed by atoms with Gasteiger partial charge in [-0.15, -0.1) is 0 Å². The van der Waals surface area contributed by atoms with Gasteiger partial charge in [0.15, 0.2) is 5.69 Å². The molecule has 6 nitrogen and oxygen atoms in total. The Bertz CT molecular complexity index is 1090. The van der Waals surface area contributed by atoms with E-state index >= 15 is 0 Å². The van der Waals surface area contributed by atoms with Crippen molar-refractivity contribution >= 4 is 29.2 Å². The lowest BCUT2D eigenvalue weighted by atomic mass is 9.95. The van der Waals surface area contributed by atoms with Gasteiger partial charge in [0.05, 0.1) is 22.9 Å². The lowest BCUT2D eigenvalue weighted by molar-refractivity contribution is 0.0517. The number of hydrogen-bond acceptors (Lipinski definition) is 5. The molecule has 0 atom stereocenters. The molecular formula is C25H27Cl2N3O3. The second-order valence-electron chi connectivity index (χ2n) is 7.99. The fourth-order valence-electron chi connectivity index (χ4n) is 4.02. The average Bonchev–Trinajstić information content (AvgIpc) is 3.18. The van der Waals surface area contributed by atoms with Gasteiger partial charge in [0, 0.05) is 17.6 Å². The fourth-order valence-corrected chi connectivity index (χ4v) is 4.36. The van der Waals surface area contributed by atoms with Crippen molar-refractivity contribution < 1.29 is 14.3 Å². The quantitative estimate of drug-likeness (QED) is 0.364. The van der Waals surface area contributed by atoms with Gasteiger partial charge in [-0.2, -0.15) is 9.78 Å². The molecule has 1 aromatic heterocycles. The van der Waals surface area contributed by atoms with E-state index in [2.05, 4.69) is 10.4 Å². The minimum absolute atomic E-state index is 0.212. The van der Waals surface area contributed by atoms with Crippen molar-refractivity contribution in [1.29, 1.82) is 0 Å². The molecule has 1 aliphatic carbocycles. The Labute approximate surface area is 203 Å². The van der Waals surface area contributed by atoms with Crippen LogP contribution in [-0.2, 0) is 11.3 Å². The molecule has 0 saturated heterocycles. The van der Waals surface area contributed by atoms with Crippen molar-refractivity contribution in [1.82, 2.24) is 15.1 Å². The molecule has 1 fully saturated rings. The zero-order valence-electron chi connectivity index (χ0n) is 18.5. The number of aromatic nitrogens is 2. The Morgan fingerprint density at radius 3 is 2.52 bits per heavy atom. The van der Waals surface area contributed by atoms with E-state index in [0.717, 1.165) is 12.8 Å². The number of nitrogens with one attached hydrogen (secondary N) is 1. The number of esters is 1. The summed E-state index contributed by atoms with van der Waals surface area (Å²) >= 11 is 12.5. The lowest BCUT2D eigenvalue weighted by Gasteiger charge is -2.23. The van der Waals surface area contributed by atoms with Crippen LogP contribution >= 0.6 is 23.2 Å². The number of benzene rings is 2. The van der Waals surface area contributed by atoms with Crippen molar-refractivity contribution in [2.45, 2.75) is 51.6 Å². The Morgan fingerprint density at radius 1 is 1.09 bits per heavy atom. The monoisotopic (exact) mass is 487 g/mol. The SMILES string of the molecule is CCOC(=O)c1nn(-c2ccccc2Cl)c(Oc2ccc(Cl)cc2)c1CNC1CCCCC1. The van der Waals surface area contributed by atoms with Crippen LogP contribution in [0.15, 0.2) is 48.5 Å². The molecule has 1 heterocycles. The highest BCUT2D eigenvalue weighted by molar-refractivity contribution is 6.32. The van der Waals surface area contributed by atoms with E-state index in [-0.39, 0.29) is 12.3 Å². The van der Waals surface area contributed by atoms with Gasteiger partial charge in [0.2, 0.25) is 5.88 Å². The molecule has 0 aliphatic heterocycles. The predicted octanol–water partition coefficient (Wildman–Crippen LogP) is 6.57. The number of hydrogen-bond donors (Lipinski definition) is 1. The predicted molar refractivity (Wildman–Crippen MR) is 130 cm³/mol. The molecule has 2 aromatic carbocycles. The molecule has 0 bridgehead atoms. The van der Waals surface area contributed by atoms with E-state index in [9.17, 15) is 4.79 Å². The van der Waals surface area contributed by atoms with Gasteiger partial charge < -0.3 is 14.8 Å². The minimum atomic E-state index is -0.496. The minimum Gasteiger partial charge on any atom is -0.461 e. The molecule has 0 amide bonds. The van der Waals surface area contributed by atoms with E-state index in [1.54, 1.807) is 41.9 Å². The normalized spacial score (nSPS) is 14.3. The maximum atomic E-state index is 12.9. The molecule has 0 radical (unpaired) electrons. The van der Waals surface area contributed by atoms with Gasteiger partial charge in [-0.05, 0) is 56.2 Å². The van der Waals surface area contributed by atoms with Crippen LogP contribution in [0.4, 0.5) is 0 Å². The first-order valence-corrected chi connectivity index (χ1v) is 12.0. The van der Waals surface area contributed by atoms with Gasteiger partial charge in [-0.1, -0.05) is 54.6 Å². The van der Waals surface area contributed by atoms with Crippen LogP contribution in [0.5, 0.6) is 11.6 Å². The topological polar surface area (TPSA) is 65.4 Å². The highest BCUT2D eigenvalue weighted by atomic mass is 35.5.